The Labute approximate surface area is 195 Å². The average Bonchev–Trinajstić information content (AvgIpc) is 3.25. The first-order valence-corrected chi connectivity index (χ1v) is 11.6. The van der Waals surface area contributed by atoms with Crippen LogP contribution in [0.5, 0.6) is 5.75 Å². The molecule has 1 fully saturated rings. The zero-order valence-corrected chi connectivity index (χ0v) is 19.1. The van der Waals surface area contributed by atoms with Crippen molar-refractivity contribution in [2.24, 2.45) is 10.9 Å². The van der Waals surface area contributed by atoms with Crippen molar-refractivity contribution >= 4 is 18.2 Å². The number of nitrogens with zero attached hydrogens (tertiary/aromatic N) is 2. The molecule has 2 aromatic rings. The van der Waals surface area contributed by atoms with Crippen LogP contribution in [0.25, 0.3) is 0 Å². The highest BCUT2D eigenvalue weighted by molar-refractivity contribution is 5.86. The molecule has 1 aliphatic heterocycles. The predicted molar refractivity (Wildman–Crippen MR) is 128 cm³/mol. The van der Waals surface area contributed by atoms with Gasteiger partial charge in [-0.05, 0) is 54.9 Å². The Morgan fingerprint density at radius 2 is 1.88 bits per heavy atom. The van der Waals surface area contributed by atoms with Gasteiger partial charge in [0.15, 0.2) is 12.6 Å². The lowest BCUT2D eigenvalue weighted by atomic mass is 9.93. The summed E-state index contributed by atoms with van der Waals surface area (Å²) < 4.78 is 5.59. The predicted octanol–water partition coefficient (Wildman–Crippen LogP) is 2.51. The van der Waals surface area contributed by atoms with Crippen LogP contribution in [0.2, 0.25) is 0 Å². The highest BCUT2D eigenvalue weighted by atomic mass is 16.5. The number of aldehydes is 1. The summed E-state index contributed by atoms with van der Waals surface area (Å²) in [6, 6.07) is 17.5. The quantitative estimate of drug-likeness (QED) is 0.386. The second-order valence-corrected chi connectivity index (χ2v) is 8.75. The van der Waals surface area contributed by atoms with Crippen LogP contribution in [0.1, 0.15) is 30.4 Å². The number of aryl methyl sites for hydroxylation is 1. The first kappa shape index (κ1) is 22.8. The third-order valence-corrected chi connectivity index (χ3v) is 6.68. The number of ether oxygens (including phenoxy) is 1. The third kappa shape index (κ3) is 5.35. The van der Waals surface area contributed by atoms with Crippen LogP contribution in [0, 0.1) is 5.92 Å². The molecule has 0 saturated carbocycles. The van der Waals surface area contributed by atoms with Crippen LogP contribution in [0.4, 0.5) is 0 Å². The van der Waals surface area contributed by atoms with E-state index < -0.39 is 5.54 Å². The van der Waals surface area contributed by atoms with Gasteiger partial charge < -0.3 is 25.1 Å². The first-order chi connectivity index (χ1) is 16.1. The molecule has 4 rings (SSSR count). The van der Waals surface area contributed by atoms with Gasteiger partial charge >= 0.3 is 0 Å². The van der Waals surface area contributed by atoms with Crippen molar-refractivity contribution in [2.45, 2.75) is 31.2 Å². The zero-order chi connectivity index (χ0) is 23.1. The fraction of sp³-hybridized carbons (Fsp3) is 0.423. The minimum absolute atomic E-state index is 0.0237. The molecule has 1 heterocycles. The number of fused-ring (bicyclic) bond motifs is 1. The molecule has 7 nitrogen and oxygen atoms in total. The van der Waals surface area contributed by atoms with Gasteiger partial charge in [-0.15, -0.1) is 0 Å². The van der Waals surface area contributed by atoms with E-state index in [-0.39, 0.29) is 12.5 Å². The maximum absolute atomic E-state index is 12.5. The number of likely N-dealkylation sites (tertiary alicyclic amines) is 1. The molecule has 7 heteroatoms. The van der Waals surface area contributed by atoms with Crippen molar-refractivity contribution in [2.75, 3.05) is 33.3 Å². The second kappa shape index (κ2) is 10.5. The Balaban J connectivity index is 1.23. The third-order valence-electron chi connectivity index (χ3n) is 6.68. The summed E-state index contributed by atoms with van der Waals surface area (Å²) in [5.41, 5.74) is 1.51. The molecule has 1 amide bonds. The van der Waals surface area contributed by atoms with Crippen molar-refractivity contribution in [3.63, 3.8) is 0 Å². The number of rotatable bonds is 7. The van der Waals surface area contributed by atoms with Crippen molar-refractivity contribution < 1.29 is 14.3 Å². The highest BCUT2D eigenvalue weighted by Gasteiger charge is 2.39. The summed E-state index contributed by atoms with van der Waals surface area (Å²) >= 11 is 0. The number of benzene rings is 2. The summed E-state index contributed by atoms with van der Waals surface area (Å²) in [4.78, 5) is 30.8. The number of piperidine rings is 1. The minimum atomic E-state index is -0.729. The lowest BCUT2D eigenvalue weighted by Crippen LogP contribution is -2.52. The van der Waals surface area contributed by atoms with Gasteiger partial charge in [-0.3, -0.25) is 9.79 Å². The van der Waals surface area contributed by atoms with E-state index in [4.69, 9.17) is 4.74 Å². The van der Waals surface area contributed by atoms with Crippen LogP contribution in [0.15, 0.2) is 59.6 Å². The number of amides is 1. The van der Waals surface area contributed by atoms with Crippen molar-refractivity contribution in [1.29, 1.82) is 0 Å². The smallest absolute Gasteiger partial charge is 0.260 e. The van der Waals surface area contributed by atoms with E-state index >= 15 is 0 Å². The maximum atomic E-state index is 12.5. The summed E-state index contributed by atoms with van der Waals surface area (Å²) in [7, 11) is 1.72. The monoisotopic (exact) mass is 448 g/mol. The molecule has 0 radical (unpaired) electrons. The molecule has 0 aromatic heterocycles. The maximum Gasteiger partial charge on any atom is 0.260 e. The van der Waals surface area contributed by atoms with Crippen LogP contribution in [-0.4, -0.2) is 56.3 Å². The van der Waals surface area contributed by atoms with Crippen LogP contribution < -0.4 is 15.4 Å². The van der Waals surface area contributed by atoms with Gasteiger partial charge in [0.1, 0.15) is 17.6 Å². The number of carbonyl (C=O) groups is 2. The highest BCUT2D eigenvalue weighted by Crippen LogP contribution is 2.35. The summed E-state index contributed by atoms with van der Waals surface area (Å²) in [6.07, 6.45) is 4.44. The molecule has 33 heavy (non-hydrogen) atoms. The van der Waals surface area contributed by atoms with E-state index in [1.54, 1.807) is 7.05 Å². The van der Waals surface area contributed by atoms with Gasteiger partial charge in [-0.2, -0.15) is 0 Å². The van der Waals surface area contributed by atoms with E-state index in [9.17, 15) is 9.59 Å². The number of hydrogen-bond donors (Lipinski definition) is 2. The topological polar surface area (TPSA) is 83.0 Å². The summed E-state index contributed by atoms with van der Waals surface area (Å²) in [6.45, 7) is 2.26. The molecule has 1 unspecified atom stereocenters. The molecule has 0 spiro atoms. The molecule has 2 N–H and O–H groups in total. The molecular weight excluding hydrogens is 416 g/mol. The molecule has 1 saturated heterocycles. The normalized spacial score (nSPS) is 20.8. The van der Waals surface area contributed by atoms with Gasteiger partial charge in [0.05, 0.1) is 0 Å². The fourth-order valence-electron chi connectivity index (χ4n) is 4.69. The van der Waals surface area contributed by atoms with E-state index in [2.05, 4.69) is 21.7 Å². The number of hydrogen-bond acceptors (Lipinski definition) is 4. The average molecular weight is 449 g/mol. The van der Waals surface area contributed by atoms with Gasteiger partial charge in [0.25, 0.3) is 5.91 Å². The molecule has 0 bridgehead atoms. The molecule has 1 aliphatic carbocycles. The minimum Gasteiger partial charge on any atom is -0.484 e. The van der Waals surface area contributed by atoms with Crippen LogP contribution >= 0.6 is 0 Å². The fourth-order valence-corrected chi connectivity index (χ4v) is 4.69. The molecule has 1 atom stereocenters. The largest absolute Gasteiger partial charge is 0.484 e. The Kier molecular flexibility index (Phi) is 7.27. The van der Waals surface area contributed by atoms with E-state index in [1.165, 1.54) is 5.56 Å². The summed E-state index contributed by atoms with van der Waals surface area (Å²) in [5, 5.41) is 6.77. The molecule has 2 aliphatic rings. The zero-order valence-electron chi connectivity index (χ0n) is 19.1. The number of guanidine groups is 1. The Morgan fingerprint density at radius 1 is 1.15 bits per heavy atom. The lowest BCUT2D eigenvalue weighted by molar-refractivity contribution is -0.134. The van der Waals surface area contributed by atoms with Gasteiger partial charge in [-0.1, -0.05) is 42.5 Å². The Morgan fingerprint density at radius 3 is 2.61 bits per heavy atom. The lowest BCUT2D eigenvalue weighted by Gasteiger charge is -2.33. The van der Waals surface area contributed by atoms with Crippen LogP contribution in [-0.2, 0) is 21.5 Å². The van der Waals surface area contributed by atoms with Crippen molar-refractivity contribution in [3.05, 3.63) is 65.7 Å². The standard InChI is InChI=1S/C26H32N4O3/c1-27-25(29-26(19-31)14-11-21-7-5-6-10-23(21)26)28-17-20-12-15-30(16-13-20)24(32)18-33-22-8-3-2-4-9-22/h2-10,19-20H,11-18H2,1H3,(H2,27,28,29). The van der Waals surface area contributed by atoms with E-state index in [0.717, 1.165) is 57.2 Å². The van der Waals surface area contributed by atoms with E-state index in [1.807, 2.05) is 53.4 Å². The molecule has 174 valence electrons. The number of para-hydroxylation sites is 1. The number of nitrogens with one attached hydrogen (secondary N) is 2. The SMILES string of the molecule is C/N=C(/NCC1CCN(C(=O)COc2ccccc2)CC1)NC1(C=O)CCc2ccccc21. The number of carbonyl (C=O) groups excluding carboxylic acids is 2. The van der Waals surface area contributed by atoms with Gasteiger partial charge in [-0.25, -0.2) is 0 Å². The first-order valence-electron chi connectivity index (χ1n) is 11.6. The Hall–Kier alpha value is -3.35. The summed E-state index contributed by atoms with van der Waals surface area (Å²) in [5.74, 6) is 1.80. The molecule has 2 aromatic carbocycles. The van der Waals surface area contributed by atoms with Gasteiger partial charge in [0.2, 0.25) is 0 Å². The second-order valence-electron chi connectivity index (χ2n) is 8.75. The Bertz CT molecular complexity index is 986. The van der Waals surface area contributed by atoms with Gasteiger partial charge in [0, 0.05) is 26.7 Å². The van der Waals surface area contributed by atoms with Crippen molar-refractivity contribution in [3.8, 4) is 5.75 Å². The van der Waals surface area contributed by atoms with Crippen molar-refractivity contribution in [1.82, 2.24) is 15.5 Å². The number of aliphatic imine (C=N–C) groups is 1. The molecular formula is C26H32N4O3. The van der Waals surface area contributed by atoms with E-state index in [0.29, 0.717) is 17.6 Å². The van der Waals surface area contributed by atoms with Crippen LogP contribution in [0.3, 0.4) is 0 Å².